The number of hydroxylamine groups is 1. The minimum atomic E-state index is -0.512. The molecule has 20 heavy (non-hydrogen) atoms. The van der Waals surface area contributed by atoms with Gasteiger partial charge in [-0.2, -0.15) is 5.48 Å². The van der Waals surface area contributed by atoms with Crippen LogP contribution >= 0.6 is 0 Å². The van der Waals surface area contributed by atoms with Crippen molar-refractivity contribution in [3.63, 3.8) is 0 Å². The number of amides is 2. The fourth-order valence-electron chi connectivity index (χ4n) is 1.95. The van der Waals surface area contributed by atoms with Gasteiger partial charge < -0.3 is 15.4 Å². The van der Waals surface area contributed by atoms with E-state index in [0.717, 1.165) is 19.3 Å². The summed E-state index contributed by atoms with van der Waals surface area (Å²) in [6.45, 7) is 6.68. The van der Waals surface area contributed by atoms with Crippen molar-refractivity contribution in [2.24, 2.45) is 5.73 Å². The van der Waals surface area contributed by atoms with Gasteiger partial charge in [0.1, 0.15) is 12.2 Å². The Morgan fingerprint density at radius 2 is 2.00 bits per heavy atom. The molecule has 7 heteroatoms. The lowest BCUT2D eigenvalue weighted by molar-refractivity contribution is -0.126. The second kappa shape index (κ2) is 7.44. The maximum atomic E-state index is 12.0. The van der Waals surface area contributed by atoms with Gasteiger partial charge in [-0.15, -0.1) is 0 Å². The SMILES string of the molecule is CC(C)(C)OC(=O)N1CCCC(NOCC(N)=O)CC1. The maximum absolute atomic E-state index is 12.0. The van der Waals surface area contributed by atoms with E-state index in [2.05, 4.69) is 5.48 Å². The van der Waals surface area contributed by atoms with Gasteiger partial charge >= 0.3 is 6.09 Å². The van der Waals surface area contributed by atoms with Crippen molar-refractivity contribution in [2.45, 2.75) is 51.7 Å². The Balaban J connectivity index is 2.35. The van der Waals surface area contributed by atoms with Gasteiger partial charge in [-0.25, -0.2) is 4.79 Å². The average molecular weight is 287 g/mol. The number of hydrogen-bond acceptors (Lipinski definition) is 5. The predicted molar refractivity (Wildman–Crippen MR) is 73.7 cm³/mol. The fraction of sp³-hybridized carbons (Fsp3) is 0.846. The smallest absolute Gasteiger partial charge is 0.410 e. The number of nitrogens with one attached hydrogen (secondary N) is 1. The molecule has 0 aromatic carbocycles. The van der Waals surface area contributed by atoms with Crippen molar-refractivity contribution >= 4 is 12.0 Å². The molecule has 0 aromatic heterocycles. The minimum Gasteiger partial charge on any atom is -0.444 e. The fourth-order valence-corrected chi connectivity index (χ4v) is 1.95. The summed E-state index contributed by atoms with van der Waals surface area (Å²) in [5, 5.41) is 0. The molecule has 0 spiro atoms. The molecule has 1 aliphatic heterocycles. The van der Waals surface area contributed by atoms with E-state index in [4.69, 9.17) is 15.3 Å². The van der Waals surface area contributed by atoms with Crippen LogP contribution in [0.4, 0.5) is 4.79 Å². The molecule has 1 rings (SSSR count). The summed E-state index contributed by atoms with van der Waals surface area (Å²) < 4.78 is 5.35. The van der Waals surface area contributed by atoms with Crippen molar-refractivity contribution in [2.75, 3.05) is 19.7 Å². The molecule has 1 atom stereocenters. The number of carbonyl (C=O) groups excluding carboxylic acids is 2. The van der Waals surface area contributed by atoms with E-state index in [-0.39, 0.29) is 18.7 Å². The molecule has 3 N–H and O–H groups in total. The topological polar surface area (TPSA) is 93.9 Å². The van der Waals surface area contributed by atoms with E-state index in [1.807, 2.05) is 20.8 Å². The van der Waals surface area contributed by atoms with Crippen molar-refractivity contribution < 1.29 is 19.2 Å². The first-order chi connectivity index (χ1) is 9.28. The van der Waals surface area contributed by atoms with Gasteiger partial charge in [0.05, 0.1) is 0 Å². The highest BCUT2D eigenvalue weighted by molar-refractivity contribution is 5.74. The third-order valence-corrected chi connectivity index (χ3v) is 2.84. The van der Waals surface area contributed by atoms with Gasteiger partial charge in [0.25, 0.3) is 0 Å². The first-order valence-corrected chi connectivity index (χ1v) is 6.91. The van der Waals surface area contributed by atoms with Gasteiger partial charge in [0.2, 0.25) is 5.91 Å². The molecule has 7 nitrogen and oxygen atoms in total. The van der Waals surface area contributed by atoms with Crippen LogP contribution in [0.2, 0.25) is 0 Å². The summed E-state index contributed by atoms with van der Waals surface area (Å²) in [7, 11) is 0. The Bertz CT molecular complexity index is 341. The summed E-state index contributed by atoms with van der Waals surface area (Å²) in [5.74, 6) is -0.512. The quantitative estimate of drug-likeness (QED) is 0.745. The molecule has 1 fully saturated rings. The molecular formula is C13H25N3O4. The van der Waals surface area contributed by atoms with Crippen molar-refractivity contribution in [3.05, 3.63) is 0 Å². The molecule has 1 heterocycles. The molecule has 116 valence electrons. The second-order valence-corrected chi connectivity index (χ2v) is 5.97. The molecule has 1 unspecified atom stereocenters. The van der Waals surface area contributed by atoms with E-state index in [1.165, 1.54) is 0 Å². The molecular weight excluding hydrogens is 262 g/mol. The molecule has 1 saturated heterocycles. The Morgan fingerprint density at radius 1 is 1.30 bits per heavy atom. The van der Waals surface area contributed by atoms with Crippen LogP contribution in [0.15, 0.2) is 0 Å². The standard InChI is InChI=1S/C13H25N3O4/c1-13(2,3)20-12(18)16-7-4-5-10(6-8-16)15-19-9-11(14)17/h10,15H,4-9H2,1-3H3,(H2,14,17). The lowest BCUT2D eigenvalue weighted by Crippen LogP contribution is -2.38. The monoisotopic (exact) mass is 287 g/mol. The number of rotatable bonds is 4. The van der Waals surface area contributed by atoms with E-state index >= 15 is 0 Å². The number of primary amides is 1. The van der Waals surface area contributed by atoms with Crippen LogP contribution in [-0.2, 0) is 14.4 Å². The van der Waals surface area contributed by atoms with E-state index < -0.39 is 11.5 Å². The summed E-state index contributed by atoms with van der Waals surface area (Å²) in [5.41, 5.74) is 7.33. The Morgan fingerprint density at radius 3 is 2.60 bits per heavy atom. The first-order valence-electron chi connectivity index (χ1n) is 6.91. The Labute approximate surface area is 119 Å². The van der Waals surface area contributed by atoms with Crippen molar-refractivity contribution in [3.8, 4) is 0 Å². The van der Waals surface area contributed by atoms with E-state index in [0.29, 0.717) is 13.1 Å². The normalized spacial score (nSPS) is 20.4. The second-order valence-electron chi connectivity index (χ2n) is 5.97. The van der Waals surface area contributed by atoms with Crippen molar-refractivity contribution in [1.82, 2.24) is 10.4 Å². The summed E-state index contributed by atoms with van der Waals surface area (Å²) in [6, 6.07) is 0.113. The highest BCUT2D eigenvalue weighted by atomic mass is 16.6. The van der Waals surface area contributed by atoms with Crippen molar-refractivity contribution in [1.29, 1.82) is 0 Å². The molecule has 1 aliphatic rings. The number of nitrogens with zero attached hydrogens (tertiary/aromatic N) is 1. The highest BCUT2D eigenvalue weighted by Gasteiger charge is 2.25. The average Bonchev–Trinajstić information content (AvgIpc) is 2.52. The Kier molecular flexibility index (Phi) is 6.22. The van der Waals surface area contributed by atoms with Gasteiger partial charge in [0, 0.05) is 19.1 Å². The third kappa shape index (κ3) is 6.72. The summed E-state index contributed by atoms with van der Waals surface area (Å²) >= 11 is 0. The number of ether oxygens (including phenoxy) is 1. The maximum Gasteiger partial charge on any atom is 0.410 e. The van der Waals surface area contributed by atoms with E-state index in [9.17, 15) is 9.59 Å². The molecule has 0 bridgehead atoms. The van der Waals surface area contributed by atoms with Crippen LogP contribution < -0.4 is 11.2 Å². The third-order valence-electron chi connectivity index (χ3n) is 2.84. The largest absolute Gasteiger partial charge is 0.444 e. The van der Waals surface area contributed by atoms with Crippen LogP contribution in [-0.4, -0.2) is 48.2 Å². The molecule has 0 saturated carbocycles. The lowest BCUT2D eigenvalue weighted by Gasteiger charge is -2.26. The lowest BCUT2D eigenvalue weighted by atomic mass is 10.1. The van der Waals surface area contributed by atoms with Crippen LogP contribution in [0.3, 0.4) is 0 Å². The molecule has 0 aliphatic carbocycles. The zero-order chi connectivity index (χ0) is 15.2. The number of nitrogens with two attached hydrogens (primary N) is 1. The summed E-state index contributed by atoms with van der Waals surface area (Å²) in [6.07, 6.45) is 2.20. The van der Waals surface area contributed by atoms with Gasteiger partial charge in [-0.1, -0.05) is 0 Å². The number of likely N-dealkylation sites (tertiary alicyclic amines) is 1. The first kappa shape index (κ1) is 16.7. The van der Waals surface area contributed by atoms with Crippen LogP contribution in [0, 0.1) is 0 Å². The Hall–Kier alpha value is -1.34. The van der Waals surface area contributed by atoms with Gasteiger partial charge in [-0.05, 0) is 40.0 Å². The molecule has 0 radical (unpaired) electrons. The number of carbonyl (C=O) groups is 2. The van der Waals surface area contributed by atoms with Crippen LogP contribution in [0.1, 0.15) is 40.0 Å². The zero-order valence-corrected chi connectivity index (χ0v) is 12.5. The molecule has 2 amide bonds. The minimum absolute atomic E-state index is 0.113. The summed E-state index contributed by atoms with van der Waals surface area (Å²) in [4.78, 5) is 29.3. The van der Waals surface area contributed by atoms with Crippen LogP contribution in [0.25, 0.3) is 0 Å². The van der Waals surface area contributed by atoms with Gasteiger partial charge in [-0.3, -0.25) is 9.63 Å². The predicted octanol–water partition coefficient (Wildman–Crippen LogP) is 0.783. The van der Waals surface area contributed by atoms with Crippen LogP contribution in [0.5, 0.6) is 0 Å². The van der Waals surface area contributed by atoms with E-state index in [1.54, 1.807) is 4.90 Å². The number of hydrogen-bond donors (Lipinski definition) is 2. The molecule has 0 aromatic rings. The zero-order valence-electron chi connectivity index (χ0n) is 12.5. The van der Waals surface area contributed by atoms with Gasteiger partial charge in [0.15, 0.2) is 0 Å². The highest BCUT2D eigenvalue weighted by Crippen LogP contribution is 2.15.